The summed E-state index contributed by atoms with van der Waals surface area (Å²) in [5.41, 5.74) is 6.89. The topological polar surface area (TPSA) is 92.5 Å². The van der Waals surface area contributed by atoms with E-state index in [-0.39, 0.29) is 0 Å². The molecule has 0 saturated carbocycles. The smallest absolute Gasteiger partial charge is 0.227 e. The van der Waals surface area contributed by atoms with Gasteiger partial charge in [0.25, 0.3) is 0 Å². The van der Waals surface area contributed by atoms with Crippen molar-refractivity contribution in [3.05, 3.63) is 19.0 Å². The molecule has 0 fully saturated rings. The number of H-pyrrole nitrogens is 1. The number of hydrogen-bond acceptors (Lipinski definition) is 5. The molecular formula is C8H10N6. The van der Waals surface area contributed by atoms with Crippen LogP contribution in [0.1, 0.15) is 0 Å². The van der Waals surface area contributed by atoms with Crippen molar-refractivity contribution in [3.8, 4) is 0 Å². The summed E-state index contributed by atoms with van der Waals surface area (Å²) in [6.07, 6.45) is 3.25. The van der Waals surface area contributed by atoms with E-state index in [9.17, 15) is 0 Å². The van der Waals surface area contributed by atoms with Crippen molar-refractivity contribution in [2.45, 2.75) is 0 Å². The molecule has 0 bridgehead atoms. The lowest BCUT2D eigenvalue weighted by Crippen LogP contribution is -2.05. The van der Waals surface area contributed by atoms with Gasteiger partial charge < -0.3 is 16.0 Å². The van der Waals surface area contributed by atoms with Gasteiger partial charge in [0.15, 0.2) is 11.5 Å². The molecular weight excluding hydrogens is 180 g/mol. The lowest BCUT2D eigenvalue weighted by atomic mass is 10.5. The molecule has 2 heterocycles. The number of hydrogen-bond donors (Lipinski definition) is 3. The Morgan fingerprint density at radius 2 is 2.43 bits per heavy atom. The van der Waals surface area contributed by atoms with Crippen LogP contribution in [0.25, 0.3) is 11.2 Å². The minimum atomic E-state index is 0.364. The maximum absolute atomic E-state index is 5.67. The Labute approximate surface area is 80.3 Å². The van der Waals surface area contributed by atoms with E-state index in [1.54, 1.807) is 6.08 Å². The predicted octanol–water partition coefficient (Wildman–Crippen LogP) is 0.533. The van der Waals surface area contributed by atoms with Gasteiger partial charge in [-0.15, -0.1) is 6.58 Å². The van der Waals surface area contributed by atoms with Crippen LogP contribution >= 0.6 is 0 Å². The van der Waals surface area contributed by atoms with Gasteiger partial charge in [0.2, 0.25) is 5.95 Å². The van der Waals surface area contributed by atoms with Crippen LogP contribution in [0.5, 0.6) is 0 Å². The average Bonchev–Trinajstić information content (AvgIpc) is 2.63. The van der Waals surface area contributed by atoms with Gasteiger partial charge in [0.05, 0.1) is 6.33 Å². The minimum absolute atomic E-state index is 0.364. The Hall–Kier alpha value is -2.11. The van der Waals surface area contributed by atoms with E-state index in [2.05, 4.69) is 31.8 Å². The number of aromatic amines is 1. The van der Waals surface area contributed by atoms with Crippen LogP contribution in [0.3, 0.4) is 0 Å². The third kappa shape index (κ3) is 1.37. The molecule has 6 nitrogen and oxygen atoms in total. The number of anilines is 2. The fourth-order valence-corrected chi connectivity index (χ4v) is 1.10. The van der Waals surface area contributed by atoms with Crippen molar-refractivity contribution in [2.75, 3.05) is 17.6 Å². The van der Waals surface area contributed by atoms with E-state index in [1.165, 1.54) is 6.33 Å². The maximum Gasteiger partial charge on any atom is 0.227 e. The van der Waals surface area contributed by atoms with E-state index in [1.807, 2.05) is 0 Å². The summed E-state index contributed by atoms with van der Waals surface area (Å²) in [5, 5.41) is 2.95. The van der Waals surface area contributed by atoms with Crippen molar-refractivity contribution in [1.29, 1.82) is 0 Å². The van der Waals surface area contributed by atoms with E-state index < -0.39 is 0 Å². The summed E-state index contributed by atoms with van der Waals surface area (Å²) in [6, 6.07) is 0. The monoisotopic (exact) mass is 190 g/mol. The highest BCUT2D eigenvalue weighted by Crippen LogP contribution is 2.14. The molecule has 0 spiro atoms. The van der Waals surface area contributed by atoms with Crippen molar-refractivity contribution in [2.24, 2.45) is 0 Å². The summed E-state index contributed by atoms with van der Waals surface area (Å²) >= 11 is 0. The molecule has 72 valence electrons. The number of imidazole rings is 1. The Bertz CT molecular complexity index is 460. The number of nitrogens with zero attached hydrogens (tertiary/aromatic N) is 3. The molecule has 0 aromatic carbocycles. The maximum atomic E-state index is 5.67. The third-order valence-corrected chi connectivity index (χ3v) is 1.71. The number of nitrogens with one attached hydrogen (secondary N) is 2. The van der Waals surface area contributed by atoms with Gasteiger partial charge in [-0.05, 0) is 0 Å². The summed E-state index contributed by atoms with van der Waals surface area (Å²) < 4.78 is 0. The molecule has 4 N–H and O–H groups in total. The molecule has 2 aromatic heterocycles. The van der Waals surface area contributed by atoms with Gasteiger partial charge in [-0.1, -0.05) is 6.08 Å². The first-order valence-electron chi connectivity index (χ1n) is 4.12. The molecule has 0 amide bonds. The number of nitrogens with two attached hydrogens (primary N) is 1. The van der Waals surface area contributed by atoms with Gasteiger partial charge in [-0.25, -0.2) is 4.98 Å². The molecule has 0 unspecified atom stereocenters. The predicted molar refractivity (Wildman–Crippen MR) is 54.8 cm³/mol. The highest BCUT2D eigenvalue weighted by Gasteiger charge is 2.05. The second-order valence-electron chi connectivity index (χ2n) is 2.70. The first kappa shape index (κ1) is 8.49. The van der Waals surface area contributed by atoms with Gasteiger partial charge >= 0.3 is 0 Å². The zero-order valence-electron chi connectivity index (χ0n) is 7.49. The number of aromatic nitrogens is 4. The van der Waals surface area contributed by atoms with Crippen molar-refractivity contribution < 1.29 is 0 Å². The SMILES string of the molecule is C=CCNc1nc(N)c2nc[nH]c2n1. The first-order chi connectivity index (χ1) is 6.81. The molecule has 0 aliphatic rings. The molecule has 0 aliphatic heterocycles. The zero-order chi connectivity index (χ0) is 9.97. The van der Waals surface area contributed by atoms with Gasteiger partial charge in [0, 0.05) is 6.54 Å². The molecule has 2 aromatic rings. The van der Waals surface area contributed by atoms with Crippen LogP contribution in [0.15, 0.2) is 19.0 Å². The summed E-state index contributed by atoms with van der Waals surface area (Å²) in [4.78, 5) is 15.1. The van der Waals surface area contributed by atoms with Gasteiger partial charge in [-0.3, -0.25) is 0 Å². The van der Waals surface area contributed by atoms with Crippen LogP contribution in [0.2, 0.25) is 0 Å². The fourth-order valence-electron chi connectivity index (χ4n) is 1.10. The van der Waals surface area contributed by atoms with E-state index in [0.717, 1.165) is 0 Å². The van der Waals surface area contributed by atoms with Crippen molar-refractivity contribution in [1.82, 2.24) is 19.9 Å². The van der Waals surface area contributed by atoms with Crippen LogP contribution in [-0.4, -0.2) is 26.5 Å². The third-order valence-electron chi connectivity index (χ3n) is 1.71. The molecule has 0 aliphatic carbocycles. The Kier molecular flexibility index (Phi) is 2.02. The quantitative estimate of drug-likeness (QED) is 0.614. The van der Waals surface area contributed by atoms with E-state index in [0.29, 0.717) is 29.5 Å². The van der Waals surface area contributed by atoms with Crippen molar-refractivity contribution in [3.63, 3.8) is 0 Å². The summed E-state index contributed by atoms with van der Waals surface area (Å²) in [6.45, 7) is 4.18. The fraction of sp³-hybridized carbons (Fsp3) is 0.125. The van der Waals surface area contributed by atoms with Gasteiger partial charge in [-0.2, -0.15) is 9.97 Å². The zero-order valence-corrected chi connectivity index (χ0v) is 7.49. The van der Waals surface area contributed by atoms with Crippen LogP contribution in [0, 0.1) is 0 Å². The van der Waals surface area contributed by atoms with Crippen LogP contribution < -0.4 is 11.1 Å². The minimum Gasteiger partial charge on any atom is -0.382 e. The summed E-state index contributed by atoms with van der Waals surface area (Å²) in [7, 11) is 0. The van der Waals surface area contributed by atoms with E-state index >= 15 is 0 Å². The Morgan fingerprint density at radius 1 is 1.57 bits per heavy atom. The molecule has 0 saturated heterocycles. The van der Waals surface area contributed by atoms with Crippen LogP contribution in [-0.2, 0) is 0 Å². The molecule has 0 atom stereocenters. The lowest BCUT2D eigenvalue weighted by Gasteiger charge is -2.01. The standard InChI is InChI=1S/C8H10N6/c1-2-3-10-8-13-6(9)5-7(14-8)12-4-11-5/h2,4H,1,3H2,(H4,9,10,11,12,13,14). The largest absolute Gasteiger partial charge is 0.382 e. The van der Waals surface area contributed by atoms with Crippen molar-refractivity contribution >= 4 is 22.9 Å². The number of fused-ring (bicyclic) bond motifs is 1. The second kappa shape index (κ2) is 3.33. The Balaban J connectivity index is 2.42. The first-order valence-corrected chi connectivity index (χ1v) is 4.12. The summed E-state index contributed by atoms with van der Waals surface area (Å²) in [5.74, 6) is 0.835. The van der Waals surface area contributed by atoms with Crippen LogP contribution in [0.4, 0.5) is 11.8 Å². The Morgan fingerprint density at radius 3 is 3.21 bits per heavy atom. The number of nitrogen functional groups attached to an aromatic ring is 1. The molecule has 6 heteroatoms. The highest BCUT2D eigenvalue weighted by atomic mass is 15.1. The highest BCUT2D eigenvalue weighted by molar-refractivity contribution is 5.82. The number of rotatable bonds is 3. The lowest BCUT2D eigenvalue weighted by molar-refractivity contribution is 1.15. The second-order valence-corrected chi connectivity index (χ2v) is 2.70. The molecule has 2 rings (SSSR count). The van der Waals surface area contributed by atoms with Gasteiger partial charge in [0.1, 0.15) is 5.52 Å². The average molecular weight is 190 g/mol. The normalized spacial score (nSPS) is 10.3. The van der Waals surface area contributed by atoms with E-state index in [4.69, 9.17) is 5.73 Å². The molecule has 14 heavy (non-hydrogen) atoms. The molecule has 0 radical (unpaired) electrons.